The van der Waals surface area contributed by atoms with E-state index in [0.29, 0.717) is 19.4 Å². The molecule has 1 fully saturated rings. The summed E-state index contributed by atoms with van der Waals surface area (Å²) in [5, 5.41) is 0. The fraction of sp³-hybridized carbons (Fsp3) is 0.407. The molecule has 0 radical (unpaired) electrons. The Morgan fingerprint density at radius 1 is 1.00 bits per heavy atom. The van der Waals surface area contributed by atoms with E-state index in [2.05, 4.69) is 47.1 Å². The highest BCUT2D eigenvalue weighted by atomic mass is 16.2. The number of hydrogen-bond donors (Lipinski definition) is 0. The molecule has 6 nitrogen and oxygen atoms in total. The van der Waals surface area contributed by atoms with Crippen molar-refractivity contribution in [1.29, 1.82) is 0 Å². The summed E-state index contributed by atoms with van der Waals surface area (Å²) < 4.78 is 0. The lowest BCUT2D eigenvalue weighted by Gasteiger charge is -2.36. The maximum atomic E-state index is 12.9. The first-order valence-corrected chi connectivity index (χ1v) is 12.0. The third-order valence-corrected chi connectivity index (χ3v) is 6.84. The van der Waals surface area contributed by atoms with Gasteiger partial charge in [0.05, 0.1) is 18.3 Å². The lowest BCUT2D eigenvalue weighted by atomic mass is 9.98. The van der Waals surface area contributed by atoms with Crippen LogP contribution in [0.2, 0.25) is 0 Å². The minimum Gasteiger partial charge on any atom is -0.293 e. The number of rotatable bonds is 6. The zero-order valence-corrected chi connectivity index (χ0v) is 19.3. The third-order valence-electron chi connectivity index (χ3n) is 6.84. The van der Waals surface area contributed by atoms with Crippen LogP contribution in [0, 0.1) is 6.92 Å². The first kappa shape index (κ1) is 21.7. The lowest BCUT2D eigenvalue weighted by molar-refractivity contribution is -0.119. The molecule has 170 valence electrons. The van der Waals surface area contributed by atoms with Gasteiger partial charge in [0.25, 0.3) is 0 Å². The maximum Gasteiger partial charge on any atom is 0.228 e. The average Bonchev–Trinajstić information content (AvgIpc) is 2.86. The number of likely N-dealkylation sites (tertiary alicyclic amines) is 1. The summed E-state index contributed by atoms with van der Waals surface area (Å²) in [7, 11) is 0. The second-order valence-electron chi connectivity index (χ2n) is 9.05. The van der Waals surface area contributed by atoms with Crippen LogP contribution in [-0.2, 0) is 24.2 Å². The molecule has 4 heterocycles. The number of carbonyl (C=O) groups excluding carboxylic acids is 1. The first-order valence-electron chi connectivity index (χ1n) is 12.0. The number of nitrogens with zero attached hydrogens (tertiary/aromatic N) is 5. The highest BCUT2D eigenvalue weighted by molar-refractivity contribution is 5.95. The van der Waals surface area contributed by atoms with Gasteiger partial charge in [-0.3, -0.25) is 19.6 Å². The van der Waals surface area contributed by atoms with Crippen molar-refractivity contribution in [2.45, 2.75) is 58.0 Å². The molecule has 0 spiro atoms. The fourth-order valence-corrected chi connectivity index (χ4v) is 5.04. The van der Waals surface area contributed by atoms with Crippen molar-refractivity contribution >= 4 is 11.7 Å². The van der Waals surface area contributed by atoms with Gasteiger partial charge in [0.1, 0.15) is 11.6 Å². The highest BCUT2D eigenvalue weighted by Crippen LogP contribution is 2.34. The van der Waals surface area contributed by atoms with Crippen molar-refractivity contribution in [2.75, 3.05) is 18.0 Å². The summed E-state index contributed by atoms with van der Waals surface area (Å²) >= 11 is 0. The molecule has 1 amide bonds. The second kappa shape index (κ2) is 9.79. The number of piperidine rings is 1. The van der Waals surface area contributed by atoms with Crippen LogP contribution >= 0.6 is 0 Å². The van der Waals surface area contributed by atoms with Crippen molar-refractivity contribution in [2.24, 2.45) is 0 Å². The number of carbonyl (C=O) groups is 1. The molecule has 0 N–H and O–H groups in total. The summed E-state index contributed by atoms with van der Waals surface area (Å²) in [6, 6.07) is 16.7. The topological polar surface area (TPSA) is 62.2 Å². The predicted molar refractivity (Wildman–Crippen MR) is 129 cm³/mol. The molecule has 0 bridgehead atoms. The van der Waals surface area contributed by atoms with Crippen LogP contribution in [0.5, 0.6) is 0 Å². The predicted octanol–water partition coefficient (Wildman–Crippen LogP) is 4.43. The van der Waals surface area contributed by atoms with Crippen molar-refractivity contribution in [1.82, 2.24) is 19.9 Å². The van der Waals surface area contributed by atoms with E-state index in [-0.39, 0.29) is 11.9 Å². The molecular weight excluding hydrogens is 410 g/mol. The number of aryl methyl sites for hydroxylation is 1. The molecule has 1 unspecified atom stereocenters. The largest absolute Gasteiger partial charge is 0.293 e. The van der Waals surface area contributed by atoms with Crippen LogP contribution in [0.1, 0.15) is 60.1 Å². The minimum absolute atomic E-state index is 0.113. The fourth-order valence-electron chi connectivity index (χ4n) is 5.04. The molecule has 2 aromatic heterocycles. The molecule has 0 aliphatic carbocycles. The average molecular weight is 442 g/mol. The molecular formula is C27H31N5O. The lowest BCUT2D eigenvalue weighted by Crippen LogP contribution is -2.39. The number of hydrogen-bond acceptors (Lipinski definition) is 5. The molecule has 2 aliphatic rings. The Labute approximate surface area is 195 Å². The zero-order valence-electron chi connectivity index (χ0n) is 19.3. The normalized spacial score (nSPS) is 18.9. The van der Waals surface area contributed by atoms with Gasteiger partial charge >= 0.3 is 0 Å². The Kier molecular flexibility index (Phi) is 6.44. The molecule has 0 saturated carbocycles. The zero-order chi connectivity index (χ0) is 22.6. The summed E-state index contributed by atoms with van der Waals surface area (Å²) in [6.45, 7) is 4.57. The Hall–Kier alpha value is -3.12. The number of pyridine rings is 1. The van der Waals surface area contributed by atoms with Crippen molar-refractivity contribution < 1.29 is 4.79 Å². The Balaban J connectivity index is 1.43. The second-order valence-corrected chi connectivity index (χ2v) is 9.05. The highest BCUT2D eigenvalue weighted by Gasteiger charge is 2.32. The van der Waals surface area contributed by atoms with Gasteiger partial charge in [-0.2, -0.15) is 0 Å². The van der Waals surface area contributed by atoms with Crippen molar-refractivity contribution in [3.05, 3.63) is 83.1 Å². The van der Waals surface area contributed by atoms with Crippen LogP contribution < -0.4 is 4.90 Å². The van der Waals surface area contributed by atoms with Crippen molar-refractivity contribution in [3.8, 4) is 0 Å². The van der Waals surface area contributed by atoms with Gasteiger partial charge in [-0.1, -0.05) is 42.8 Å². The van der Waals surface area contributed by atoms with E-state index in [9.17, 15) is 4.79 Å². The van der Waals surface area contributed by atoms with Gasteiger partial charge in [0, 0.05) is 30.4 Å². The van der Waals surface area contributed by atoms with Crippen LogP contribution in [0.4, 0.5) is 5.82 Å². The summed E-state index contributed by atoms with van der Waals surface area (Å²) in [4.78, 5) is 31.7. The van der Waals surface area contributed by atoms with E-state index in [4.69, 9.17) is 9.97 Å². The van der Waals surface area contributed by atoms with E-state index in [1.165, 1.54) is 18.4 Å². The number of fused-ring (bicyclic) bond motifs is 1. The molecule has 33 heavy (non-hydrogen) atoms. The minimum atomic E-state index is 0.113. The van der Waals surface area contributed by atoms with Crippen molar-refractivity contribution in [3.63, 3.8) is 0 Å². The first-order chi connectivity index (χ1) is 16.2. The van der Waals surface area contributed by atoms with E-state index in [1.54, 1.807) is 6.20 Å². The molecule has 3 aromatic rings. The standard InChI is InChI=1S/C27H31N5O/c1-20-23-13-14-25(33)32(19-22-11-5-7-16-28-22)27(23)30-26(29-20)24-12-6-8-17-31(24)18-15-21-9-3-2-4-10-21/h2-5,7,9-11,16,24H,6,8,12-15,17-19H2,1H3. The van der Waals surface area contributed by atoms with Crippen LogP contribution in [0.15, 0.2) is 54.7 Å². The smallest absolute Gasteiger partial charge is 0.228 e. The van der Waals surface area contributed by atoms with Crippen LogP contribution in [-0.4, -0.2) is 38.8 Å². The van der Waals surface area contributed by atoms with Gasteiger partial charge < -0.3 is 0 Å². The summed E-state index contributed by atoms with van der Waals surface area (Å²) in [5.41, 5.74) is 4.33. The molecule has 1 atom stereocenters. The van der Waals surface area contributed by atoms with E-state index >= 15 is 0 Å². The van der Waals surface area contributed by atoms with Gasteiger partial charge in [-0.05, 0) is 56.8 Å². The molecule has 6 heteroatoms. The molecule has 5 rings (SSSR count). The monoisotopic (exact) mass is 441 g/mol. The number of benzene rings is 1. The molecule has 2 aliphatic heterocycles. The number of amides is 1. The van der Waals surface area contributed by atoms with Crippen LogP contribution in [0.25, 0.3) is 0 Å². The SMILES string of the molecule is Cc1nc(C2CCCCN2CCc2ccccc2)nc2c1CCC(=O)N2Cc1ccccn1. The number of aromatic nitrogens is 3. The van der Waals surface area contributed by atoms with Gasteiger partial charge in [0.15, 0.2) is 0 Å². The van der Waals surface area contributed by atoms with Gasteiger partial charge in [-0.15, -0.1) is 0 Å². The summed E-state index contributed by atoms with van der Waals surface area (Å²) in [5.74, 6) is 1.76. The Morgan fingerprint density at radius 2 is 1.85 bits per heavy atom. The third kappa shape index (κ3) is 4.81. The Morgan fingerprint density at radius 3 is 2.67 bits per heavy atom. The van der Waals surface area contributed by atoms with E-state index in [1.807, 2.05) is 23.1 Å². The quantitative estimate of drug-likeness (QED) is 0.566. The van der Waals surface area contributed by atoms with Crippen LogP contribution in [0.3, 0.4) is 0 Å². The summed E-state index contributed by atoms with van der Waals surface area (Å²) in [6.07, 6.45) is 7.44. The van der Waals surface area contributed by atoms with Gasteiger partial charge in [0.2, 0.25) is 5.91 Å². The maximum absolute atomic E-state index is 12.9. The molecule has 1 aromatic carbocycles. The molecule has 1 saturated heterocycles. The van der Waals surface area contributed by atoms with E-state index < -0.39 is 0 Å². The number of anilines is 1. The Bertz CT molecular complexity index is 1100. The van der Waals surface area contributed by atoms with E-state index in [0.717, 1.165) is 54.5 Å². The van der Waals surface area contributed by atoms with Gasteiger partial charge in [-0.25, -0.2) is 9.97 Å².